The SMILES string of the molecule is Nc1ccn(CC(=O)Nc2ccc(OCc3ccccc3)cc2)n1. The van der Waals surface area contributed by atoms with Crippen molar-refractivity contribution in [2.45, 2.75) is 13.2 Å². The lowest BCUT2D eigenvalue weighted by atomic mass is 10.2. The normalized spacial score (nSPS) is 10.3. The molecule has 0 aliphatic heterocycles. The average Bonchev–Trinajstić information content (AvgIpc) is 3.00. The van der Waals surface area contributed by atoms with E-state index >= 15 is 0 Å². The Morgan fingerprint density at radius 1 is 1.08 bits per heavy atom. The highest BCUT2D eigenvalue weighted by Crippen LogP contribution is 2.17. The molecule has 2 aromatic carbocycles. The van der Waals surface area contributed by atoms with E-state index in [1.807, 2.05) is 42.5 Å². The zero-order valence-corrected chi connectivity index (χ0v) is 13.1. The van der Waals surface area contributed by atoms with Crippen LogP contribution in [0, 0.1) is 0 Å². The summed E-state index contributed by atoms with van der Waals surface area (Å²) >= 11 is 0. The summed E-state index contributed by atoms with van der Waals surface area (Å²) in [5.41, 5.74) is 7.32. The molecular formula is C18H18N4O2. The van der Waals surface area contributed by atoms with Crippen LogP contribution in [0.4, 0.5) is 11.5 Å². The fourth-order valence-corrected chi connectivity index (χ4v) is 2.19. The number of ether oxygens (including phenoxy) is 1. The average molecular weight is 322 g/mol. The van der Waals surface area contributed by atoms with E-state index in [0.29, 0.717) is 18.1 Å². The van der Waals surface area contributed by atoms with Crippen molar-refractivity contribution in [2.75, 3.05) is 11.1 Å². The van der Waals surface area contributed by atoms with Crippen molar-refractivity contribution in [1.29, 1.82) is 0 Å². The lowest BCUT2D eigenvalue weighted by molar-refractivity contribution is -0.116. The maximum atomic E-state index is 11.9. The van der Waals surface area contributed by atoms with Gasteiger partial charge in [0.1, 0.15) is 24.7 Å². The van der Waals surface area contributed by atoms with Crippen molar-refractivity contribution in [3.05, 3.63) is 72.4 Å². The van der Waals surface area contributed by atoms with Gasteiger partial charge in [0.2, 0.25) is 5.91 Å². The highest BCUT2D eigenvalue weighted by Gasteiger charge is 2.05. The molecule has 0 aliphatic carbocycles. The van der Waals surface area contributed by atoms with Crippen molar-refractivity contribution < 1.29 is 9.53 Å². The lowest BCUT2D eigenvalue weighted by Gasteiger charge is -2.08. The second-order valence-corrected chi connectivity index (χ2v) is 5.29. The summed E-state index contributed by atoms with van der Waals surface area (Å²) in [6.07, 6.45) is 1.66. The van der Waals surface area contributed by atoms with Crippen LogP contribution in [0.5, 0.6) is 5.75 Å². The summed E-state index contributed by atoms with van der Waals surface area (Å²) < 4.78 is 7.20. The molecule has 0 atom stereocenters. The van der Waals surface area contributed by atoms with E-state index in [4.69, 9.17) is 10.5 Å². The van der Waals surface area contributed by atoms with Crippen LogP contribution in [-0.2, 0) is 17.9 Å². The van der Waals surface area contributed by atoms with Gasteiger partial charge in [-0.25, -0.2) is 0 Å². The molecule has 0 aliphatic rings. The van der Waals surface area contributed by atoms with Crippen LogP contribution in [0.25, 0.3) is 0 Å². The number of benzene rings is 2. The summed E-state index contributed by atoms with van der Waals surface area (Å²) in [5, 5.41) is 6.78. The third-order valence-corrected chi connectivity index (χ3v) is 3.35. The van der Waals surface area contributed by atoms with Gasteiger partial charge in [0.15, 0.2) is 0 Å². The third-order valence-electron chi connectivity index (χ3n) is 3.35. The molecule has 0 fully saturated rings. The van der Waals surface area contributed by atoms with E-state index in [2.05, 4.69) is 10.4 Å². The number of aromatic nitrogens is 2. The zero-order chi connectivity index (χ0) is 16.8. The molecule has 1 heterocycles. The van der Waals surface area contributed by atoms with Crippen LogP contribution in [0.1, 0.15) is 5.56 Å². The molecule has 1 amide bonds. The third kappa shape index (κ3) is 4.36. The molecule has 0 saturated carbocycles. The molecule has 3 rings (SSSR count). The van der Waals surface area contributed by atoms with Gasteiger partial charge >= 0.3 is 0 Å². The van der Waals surface area contributed by atoms with Gasteiger partial charge < -0.3 is 15.8 Å². The molecule has 0 saturated heterocycles. The standard InChI is InChI=1S/C18H18N4O2/c19-17-10-11-22(21-17)12-18(23)20-15-6-8-16(9-7-15)24-13-14-4-2-1-3-5-14/h1-11H,12-13H2,(H2,19,21)(H,20,23). The zero-order valence-electron chi connectivity index (χ0n) is 13.1. The molecule has 0 unspecified atom stereocenters. The predicted molar refractivity (Wildman–Crippen MR) is 92.5 cm³/mol. The summed E-state index contributed by atoms with van der Waals surface area (Å²) in [6, 6.07) is 18.8. The smallest absolute Gasteiger partial charge is 0.246 e. The number of nitrogens with one attached hydrogen (secondary N) is 1. The first kappa shape index (κ1) is 15.6. The quantitative estimate of drug-likeness (QED) is 0.731. The number of amides is 1. The minimum Gasteiger partial charge on any atom is -0.489 e. The van der Waals surface area contributed by atoms with Crippen molar-refractivity contribution in [3.63, 3.8) is 0 Å². The van der Waals surface area contributed by atoms with E-state index in [1.165, 1.54) is 4.68 Å². The Kier molecular flexibility index (Phi) is 4.76. The highest BCUT2D eigenvalue weighted by atomic mass is 16.5. The second-order valence-electron chi connectivity index (χ2n) is 5.29. The number of hydrogen-bond acceptors (Lipinski definition) is 4. The van der Waals surface area contributed by atoms with Gasteiger partial charge in [0.05, 0.1) is 0 Å². The summed E-state index contributed by atoms with van der Waals surface area (Å²) in [7, 11) is 0. The molecule has 6 nitrogen and oxygen atoms in total. The van der Waals surface area contributed by atoms with E-state index in [0.717, 1.165) is 11.3 Å². The minimum atomic E-state index is -0.170. The van der Waals surface area contributed by atoms with Crippen LogP contribution in [0.15, 0.2) is 66.9 Å². The fraction of sp³-hybridized carbons (Fsp3) is 0.111. The highest BCUT2D eigenvalue weighted by molar-refractivity contribution is 5.90. The van der Waals surface area contributed by atoms with Gasteiger partial charge in [0, 0.05) is 11.9 Å². The van der Waals surface area contributed by atoms with E-state index in [1.54, 1.807) is 24.4 Å². The Hall–Kier alpha value is -3.28. The number of rotatable bonds is 6. The van der Waals surface area contributed by atoms with Crippen molar-refractivity contribution >= 4 is 17.4 Å². The first-order chi connectivity index (χ1) is 11.7. The number of anilines is 2. The number of nitrogen functional groups attached to an aromatic ring is 1. The number of carbonyl (C=O) groups excluding carboxylic acids is 1. The van der Waals surface area contributed by atoms with Gasteiger partial charge in [-0.05, 0) is 35.9 Å². The Bertz CT molecular complexity index is 797. The van der Waals surface area contributed by atoms with Crippen molar-refractivity contribution in [2.24, 2.45) is 0 Å². The Labute approximate surface area is 139 Å². The molecule has 122 valence electrons. The maximum Gasteiger partial charge on any atom is 0.246 e. The van der Waals surface area contributed by atoms with Crippen LogP contribution < -0.4 is 15.8 Å². The lowest BCUT2D eigenvalue weighted by Crippen LogP contribution is -2.19. The summed E-state index contributed by atoms with van der Waals surface area (Å²) in [5.74, 6) is 0.968. The largest absolute Gasteiger partial charge is 0.489 e. The Morgan fingerprint density at radius 2 is 1.83 bits per heavy atom. The van der Waals surface area contributed by atoms with Gasteiger partial charge in [-0.1, -0.05) is 30.3 Å². The molecule has 3 N–H and O–H groups in total. The number of nitrogens with zero attached hydrogens (tertiary/aromatic N) is 2. The number of carbonyl (C=O) groups is 1. The molecule has 0 radical (unpaired) electrons. The topological polar surface area (TPSA) is 82.2 Å². The second kappa shape index (κ2) is 7.32. The van der Waals surface area contributed by atoms with Gasteiger partial charge in [-0.15, -0.1) is 0 Å². The maximum absolute atomic E-state index is 11.9. The van der Waals surface area contributed by atoms with E-state index in [9.17, 15) is 4.79 Å². The molecule has 24 heavy (non-hydrogen) atoms. The summed E-state index contributed by atoms with van der Waals surface area (Å²) in [4.78, 5) is 11.9. The monoisotopic (exact) mass is 322 g/mol. The molecule has 6 heteroatoms. The number of nitrogens with two attached hydrogens (primary N) is 1. The van der Waals surface area contributed by atoms with Crippen LogP contribution in [0.3, 0.4) is 0 Å². The van der Waals surface area contributed by atoms with Crippen molar-refractivity contribution in [3.8, 4) is 5.75 Å². The molecular weight excluding hydrogens is 304 g/mol. The van der Waals surface area contributed by atoms with Crippen molar-refractivity contribution in [1.82, 2.24) is 9.78 Å². The Morgan fingerprint density at radius 3 is 2.50 bits per heavy atom. The fourth-order valence-electron chi connectivity index (χ4n) is 2.19. The first-order valence-corrected chi connectivity index (χ1v) is 7.54. The van der Waals surface area contributed by atoms with Crippen LogP contribution >= 0.6 is 0 Å². The summed E-state index contributed by atoms with van der Waals surface area (Å²) in [6.45, 7) is 0.622. The molecule has 0 bridgehead atoms. The van der Waals surface area contributed by atoms with E-state index < -0.39 is 0 Å². The molecule has 3 aromatic rings. The van der Waals surface area contributed by atoms with Crippen LogP contribution in [-0.4, -0.2) is 15.7 Å². The van der Waals surface area contributed by atoms with Gasteiger partial charge in [-0.3, -0.25) is 9.48 Å². The Balaban J connectivity index is 1.51. The molecule has 0 spiro atoms. The van der Waals surface area contributed by atoms with Gasteiger partial charge in [-0.2, -0.15) is 5.10 Å². The predicted octanol–water partition coefficient (Wildman–Crippen LogP) is 2.68. The minimum absolute atomic E-state index is 0.115. The van der Waals surface area contributed by atoms with E-state index in [-0.39, 0.29) is 12.5 Å². The number of hydrogen-bond donors (Lipinski definition) is 2. The molecule has 1 aromatic heterocycles. The van der Waals surface area contributed by atoms with Gasteiger partial charge in [0.25, 0.3) is 0 Å². The first-order valence-electron chi connectivity index (χ1n) is 7.54. The van der Waals surface area contributed by atoms with Crippen LogP contribution in [0.2, 0.25) is 0 Å².